The van der Waals surface area contributed by atoms with Gasteiger partial charge in [-0.1, -0.05) is 6.92 Å². The molecule has 0 aliphatic carbocycles. The number of likely N-dealkylation sites (tertiary alicyclic amines) is 1. The van der Waals surface area contributed by atoms with Crippen molar-refractivity contribution in [3.63, 3.8) is 0 Å². The minimum atomic E-state index is -0.338. The number of nitrogens with zero attached hydrogens (tertiary/aromatic N) is 1. The van der Waals surface area contributed by atoms with Crippen LogP contribution in [0.4, 0.5) is 0 Å². The van der Waals surface area contributed by atoms with Crippen LogP contribution in [0.1, 0.15) is 26.2 Å². The molecule has 0 unspecified atom stereocenters. The van der Waals surface area contributed by atoms with Crippen LogP contribution in [0.3, 0.4) is 0 Å². The van der Waals surface area contributed by atoms with Gasteiger partial charge in [0.05, 0.1) is 6.04 Å². The number of piperidine rings is 1. The number of nitrogens with one attached hydrogen (secondary N) is 1. The van der Waals surface area contributed by atoms with Gasteiger partial charge in [-0.15, -0.1) is 0 Å². The highest BCUT2D eigenvalue weighted by Crippen LogP contribution is 2.08. The number of carbonyl (C=O) groups is 1. The molecular weight excluding hydrogens is 178 g/mol. The Morgan fingerprint density at radius 3 is 2.64 bits per heavy atom. The second-order valence-electron chi connectivity index (χ2n) is 4.10. The maximum absolute atomic E-state index is 11.5. The van der Waals surface area contributed by atoms with E-state index in [-0.39, 0.29) is 11.9 Å². The van der Waals surface area contributed by atoms with Gasteiger partial charge in [0.2, 0.25) is 5.91 Å². The molecule has 0 radical (unpaired) electrons. The lowest BCUT2D eigenvalue weighted by atomic mass is 10.0. The molecule has 0 bridgehead atoms. The Hall–Kier alpha value is -0.610. The number of amides is 1. The average molecular weight is 199 g/mol. The first-order valence-corrected chi connectivity index (χ1v) is 5.38. The van der Waals surface area contributed by atoms with Crippen molar-refractivity contribution in [3.05, 3.63) is 0 Å². The Bertz CT molecular complexity index is 188. The molecule has 1 heterocycles. The zero-order chi connectivity index (χ0) is 10.6. The zero-order valence-electron chi connectivity index (χ0n) is 9.12. The van der Waals surface area contributed by atoms with Crippen LogP contribution < -0.4 is 11.1 Å². The summed E-state index contributed by atoms with van der Waals surface area (Å²) in [5, 5.41) is 3.00. The van der Waals surface area contributed by atoms with Crippen LogP contribution in [0.25, 0.3) is 0 Å². The van der Waals surface area contributed by atoms with Crippen molar-refractivity contribution in [2.24, 2.45) is 5.73 Å². The Balaban J connectivity index is 2.27. The molecular formula is C10H21N3O. The smallest absolute Gasteiger partial charge is 0.237 e. The van der Waals surface area contributed by atoms with E-state index in [2.05, 4.69) is 17.3 Å². The van der Waals surface area contributed by atoms with Crippen LogP contribution in [0, 0.1) is 0 Å². The largest absolute Gasteiger partial charge is 0.352 e. The van der Waals surface area contributed by atoms with Gasteiger partial charge in [-0.3, -0.25) is 4.79 Å². The SMILES string of the molecule is CC[C@H](N)C(=O)NC1CCN(C)CC1. The van der Waals surface area contributed by atoms with Crippen LogP contribution in [0.2, 0.25) is 0 Å². The molecule has 1 saturated heterocycles. The van der Waals surface area contributed by atoms with Gasteiger partial charge in [-0.25, -0.2) is 0 Å². The summed E-state index contributed by atoms with van der Waals surface area (Å²) in [7, 11) is 2.11. The number of carbonyl (C=O) groups excluding carboxylic acids is 1. The highest BCUT2D eigenvalue weighted by molar-refractivity contribution is 5.81. The summed E-state index contributed by atoms with van der Waals surface area (Å²) < 4.78 is 0. The van der Waals surface area contributed by atoms with Crippen molar-refractivity contribution in [2.75, 3.05) is 20.1 Å². The third-order valence-corrected chi connectivity index (χ3v) is 2.84. The summed E-state index contributed by atoms with van der Waals surface area (Å²) in [5.41, 5.74) is 5.64. The lowest BCUT2D eigenvalue weighted by Crippen LogP contribution is -2.48. The summed E-state index contributed by atoms with van der Waals surface area (Å²) in [6.07, 6.45) is 2.79. The van der Waals surface area contributed by atoms with Gasteiger partial charge < -0.3 is 16.0 Å². The monoisotopic (exact) mass is 199 g/mol. The first kappa shape index (κ1) is 11.5. The Kier molecular flexibility index (Phi) is 4.35. The van der Waals surface area contributed by atoms with Crippen LogP contribution in [-0.4, -0.2) is 43.0 Å². The maximum Gasteiger partial charge on any atom is 0.237 e. The molecule has 82 valence electrons. The van der Waals surface area contributed by atoms with Crippen LogP contribution in [0.15, 0.2) is 0 Å². The van der Waals surface area contributed by atoms with Crippen molar-refractivity contribution in [3.8, 4) is 0 Å². The van der Waals surface area contributed by atoms with Crippen LogP contribution in [0.5, 0.6) is 0 Å². The minimum absolute atomic E-state index is 0.00190. The molecule has 0 saturated carbocycles. The molecule has 1 amide bonds. The van der Waals surface area contributed by atoms with Crippen molar-refractivity contribution < 1.29 is 4.79 Å². The van der Waals surface area contributed by atoms with Crippen LogP contribution >= 0.6 is 0 Å². The zero-order valence-corrected chi connectivity index (χ0v) is 9.12. The van der Waals surface area contributed by atoms with Gasteiger partial charge in [0.25, 0.3) is 0 Å². The van der Waals surface area contributed by atoms with E-state index in [1.165, 1.54) is 0 Å². The molecule has 14 heavy (non-hydrogen) atoms. The van der Waals surface area contributed by atoms with E-state index >= 15 is 0 Å². The Labute approximate surface area is 85.8 Å². The van der Waals surface area contributed by atoms with Gasteiger partial charge in [0.1, 0.15) is 0 Å². The lowest BCUT2D eigenvalue weighted by Gasteiger charge is -2.30. The van der Waals surface area contributed by atoms with Gasteiger partial charge in [0, 0.05) is 6.04 Å². The highest BCUT2D eigenvalue weighted by atomic mass is 16.2. The van der Waals surface area contributed by atoms with Crippen molar-refractivity contribution in [1.29, 1.82) is 0 Å². The Morgan fingerprint density at radius 1 is 1.57 bits per heavy atom. The van der Waals surface area contributed by atoms with Crippen molar-refractivity contribution in [2.45, 2.75) is 38.3 Å². The van der Waals surface area contributed by atoms with E-state index in [9.17, 15) is 4.79 Å². The van der Waals surface area contributed by atoms with Crippen molar-refractivity contribution >= 4 is 5.91 Å². The highest BCUT2D eigenvalue weighted by Gasteiger charge is 2.20. The molecule has 3 N–H and O–H groups in total. The second kappa shape index (κ2) is 5.32. The normalized spacial score (nSPS) is 21.9. The predicted octanol–water partition coefficient (Wildman–Crippen LogP) is -0.0659. The summed E-state index contributed by atoms with van der Waals surface area (Å²) in [5.74, 6) is 0.00190. The van der Waals surface area contributed by atoms with Crippen molar-refractivity contribution in [1.82, 2.24) is 10.2 Å². The number of hydrogen-bond acceptors (Lipinski definition) is 3. The Morgan fingerprint density at radius 2 is 2.14 bits per heavy atom. The van der Waals surface area contributed by atoms with Gasteiger partial charge in [0.15, 0.2) is 0 Å². The van der Waals surface area contributed by atoms with E-state index in [1.54, 1.807) is 0 Å². The third-order valence-electron chi connectivity index (χ3n) is 2.84. The second-order valence-corrected chi connectivity index (χ2v) is 4.10. The van der Waals surface area contributed by atoms with E-state index in [0.717, 1.165) is 25.9 Å². The summed E-state index contributed by atoms with van der Waals surface area (Å²) >= 11 is 0. The summed E-state index contributed by atoms with van der Waals surface area (Å²) in [6, 6.07) is -0.00837. The molecule has 0 spiro atoms. The third kappa shape index (κ3) is 3.27. The quantitative estimate of drug-likeness (QED) is 0.669. The number of hydrogen-bond donors (Lipinski definition) is 2. The standard InChI is InChI=1S/C10H21N3O/c1-3-9(11)10(14)12-8-4-6-13(2)7-5-8/h8-9H,3-7,11H2,1-2H3,(H,12,14)/t9-/m0/s1. The van der Waals surface area contributed by atoms with E-state index in [0.29, 0.717) is 12.5 Å². The molecule has 4 heteroatoms. The maximum atomic E-state index is 11.5. The van der Waals surface area contributed by atoms with E-state index in [1.807, 2.05) is 6.92 Å². The molecule has 4 nitrogen and oxygen atoms in total. The first-order chi connectivity index (χ1) is 6.63. The molecule has 0 aromatic rings. The molecule has 0 aromatic carbocycles. The molecule has 0 aromatic heterocycles. The van der Waals surface area contributed by atoms with Gasteiger partial charge in [-0.2, -0.15) is 0 Å². The summed E-state index contributed by atoms with van der Waals surface area (Å²) in [4.78, 5) is 13.8. The van der Waals surface area contributed by atoms with E-state index < -0.39 is 0 Å². The number of rotatable bonds is 3. The fourth-order valence-corrected chi connectivity index (χ4v) is 1.65. The first-order valence-electron chi connectivity index (χ1n) is 5.38. The molecule has 1 atom stereocenters. The lowest BCUT2D eigenvalue weighted by molar-refractivity contribution is -0.123. The molecule has 1 fully saturated rings. The van der Waals surface area contributed by atoms with E-state index in [4.69, 9.17) is 5.73 Å². The molecule has 1 aliphatic rings. The fourth-order valence-electron chi connectivity index (χ4n) is 1.65. The van der Waals surface area contributed by atoms with Gasteiger partial charge in [-0.05, 0) is 39.4 Å². The fraction of sp³-hybridized carbons (Fsp3) is 0.900. The van der Waals surface area contributed by atoms with Gasteiger partial charge >= 0.3 is 0 Å². The predicted molar refractivity (Wildman–Crippen MR) is 56.9 cm³/mol. The topological polar surface area (TPSA) is 58.4 Å². The average Bonchev–Trinajstić information content (AvgIpc) is 2.20. The number of nitrogens with two attached hydrogens (primary N) is 1. The molecule has 1 aliphatic heterocycles. The summed E-state index contributed by atoms with van der Waals surface area (Å²) in [6.45, 7) is 4.05. The molecule has 1 rings (SSSR count). The minimum Gasteiger partial charge on any atom is -0.352 e. The van der Waals surface area contributed by atoms with Crippen LogP contribution in [-0.2, 0) is 4.79 Å².